The van der Waals surface area contributed by atoms with E-state index in [4.69, 9.17) is 21.1 Å². The molecule has 0 aliphatic rings. The van der Waals surface area contributed by atoms with Crippen molar-refractivity contribution in [1.82, 2.24) is 0 Å². The number of anilines is 1. The number of hydrogen-bond donors (Lipinski definition) is 1. The second-order valence-electron chi connectivity index (χ2n) is 4.67. The first-order valence-electron chi connectivity index (χ1n) is 6.73. The van der Waals surface area contributed by atoms with Gasteiger partial charge in [0, 0.05) is 11.6 Å². The number of hydrazone groups is 1. The summed E-state index contributed by atoms with van der Waals surface area (Å²) in [5, 5.41) is 4.04. The summed E-state index contributed by atoms with van der Waals surface area (Å²) in [6.07, 6.45) is -3.04. The molecule has 2 aromatic rings. The minimum absolute atomic E-state index is 0.0511. The molecular formula is C16H14ClF3N2O2. The molecule has 0 bridgehead atoms. The van der Waals surface area contributed by atoms with Gasteiger partial charge in [-0.3, -0.25) is 5.43 Å². The zero-order valence-electron chi connectivity index (χ0n) is 12.8. The number of rotatable bonds is 5. The monoisotopic (exact) mass is 358 g/mol. The van der Waals surface area contributed by atoms with E-state index < -0.39 is 11.7 Å². The lowest BCUT2D eigenvalue weighted by molar-refractivity contribution is -0.137. The second kappa shape index (κ2) is 7.44. The van der Waals surface area contributed by atoms with Gasteiger partial charge in [-0.05, 0) is 30.3 Å². The third kappa shape index (κ3) is 4.32. The third-order valence-corrected chi connectivity index (χ3v) is 3.45. The Morgan fingerprint density at radius 1 is 1.08 bits per heavy atom. The minimum Gasteiger partial charge on any atom is -0.497 e. The molecule has 0 saturated heterocycles. The lowest BCUT2D eigenvalue weighted by Crippen LogP contribution is -2.05. The average molecular weight is 359 g/mol. The van der Waals surface area contributed by atoms with Gasteiger partial charge in [0.2, 0.25) is 0 Å². The summed E-state index contributed by atoms with van der Waals surface area (Å²) in [5.41, 5.74) is 2.36. The molecule has 8 heteroatoms. The number of alkyl halides is 3. The van der Waals surface area contributed by atoms with Crippen LogP contribution in [0.3, 0.4) is 0 Å². The van der Waals surface area contributed by atoms with Gasteiger partial charge in [0.25, 0.3) is 0 Å². The Balaban J connectivity index is 2.20. The number of methoxy groups -OCH3 is 2. The van der Waals surface area contributed by atoms with Crippen molar-refractivity contribution in [2.75, 3.05) is 19.6 Å². The summed E-state index contributed by atoms with van der Waals surface area (Å²) in [7, 11) is 3.02. The van der Waals surface area contributed by atoms with Crippen molar-refractivity contribution in [3.05, 3.63) is 52.5 Å². The Hall–Kier alpha value is -2.41. The zero-order chi connectivity index (χ0) is 17.7. The Kier molecular flexibility index (Phi) is 5.56. The SMILES string of the molecule is COc1ccc(/C=N/Nc2cc(C(F)(F)F)ccc2Cl)c(OC)c1. The van der Waals surface area contributed by atoms with Crippen molar-refractivity contribution in [2.24, 2.45) is 5.10 Å². The molecule has 0 spiro atoms. The van der Waals surface area contributed by atoms with E-state index in [9.17, 15) is 13.2 Å². The molecule has 0 radical (unpaired) electrons. The molecular weight excluding hydrogens is 345 g/mol. The molecule has 24 heavy (non-hydrogen) atoms. The number of benzene rings is 2. The van der Waals surface area contributed by atoms with E-state index >= 15 is 0 Å². The minimum atomic E-state index is -4.45. The van der Waals surface area contributed by atoms with Crippen LogP contribution in [0.15, 0.2) is 41.5 Å². The molecule has 4 nitrogen and oxygen atoms in total. The first-order chi connectivity index (χ1) is 11.3. The summed E-state index contributed by atoms with van der Waals surface area (Å²) in [6.45, 7) is 0. The van der Waals surface area contributed by atoms with Gasteiger partial charge in [-0.1, -0.05) is 11.6 Å². The molecule has 0 amide bonds. The highest BCUT2D eigenvalue weighted by molar-refractivity contribution is 6.33. The van der Waals surface area contributed by atoms with Crippen LogP contribution in [0.25, 0.3) is 0 Å². The fourth-order valence-corrected chi connectivity index (χ4v) is 2.04. The maximum absolute atomic E-state index is 12.7. The van der Waals surface area contributed by atoms with Crippen molar-refractivity contribution < 1.29 is 22.6 Å². The Morgan fingerprint density at radius 3 is 2.46 bits per heavy atom. The molecule has 2 aromatic carbocycles. The molecule has 128 valence electrons. The number of ether oxygens (including phenoxy) is 2. The molecule has 0 aromatic heterocycles. The molecule has 0 fully saturated rings. The van der Waals surface area contributed by atoms with Gasteiger partial charge >= 0.3 is 6.18 Å². The molecule has 0 saturated carbocycles. The lowest BCUT2D eigenvalue weighted by atomic mass is 10.2. The van der Waals surface area contributed by atoms with E-state index in [1.165, 1.54) is 20.4 Å². The molecule has 0 atom stereocenters. The van der Waals surface area contributed by atoms with Gasteiger partial charge in [0.1, 0.15) is 11.5 Å². The maximum atomic E-state index is 12.7. The molecule has 0 aliphatic carbocycles. The smallest absolute Gasteiger partial charge is 0.416 e. The number of hydrogen-bond acceptors (Lipinski definition) is 4. The first-order valence-corrected chi connectivity index (χ1v) is 7.11. The van der Waals surface area contributed by atoms with E-state index in [1.807, 2.05) is 0 Å². The predicted molar refractivity (Wildman–Crippen MR) is 87.2 cm³/mol. The molecule has 2 rings (SSSR count). The topological polar surface area (TPSA) is 42.8 Å². The third-order valence-electron chi connectivity index (χ3n) is 3.12. The van der Waals surface area contributed by atoms with Crippen molar-refractivity contribution in [3.63, 3.8) is 0 Å². The number of nitrogens with one attached hydrogen (secondary N) is 1. The lowest BCUT2D eigenvalue weighted by Gasteiger charge is -2.10. The molecule has 1 N–H and O–H groups in total. The van der Waals surface area contributed by atoms with Crippen LogP contribution in [-0.2, 0) is 6.18 Å². The highest BCUT2D eigenvalue weighted by Crippen LogP contribution is 2.33. The van der Waals surface area contributed by atoms with E-state index in [0.717, 1.165) is 18.2 Å². The number of nitrogens with zero attached hydrogens (tertiary/aromatic N) is 1. The zero-order valence-corrected chi connectivity index (χ0v) is 13.6. The van der Waals surface area contributed by atoms with Gasteiger partial charge in [-0.25, -0.2) is 0 Å². The van der Waals surface area contributed by atoms with Crippen LogP contribution in [0.5, 0.6) is 11.5 Å². The summed E-state index contributed by atoms with van der Waals surface area (Å²) in [5.74, 6) is 1.12. The van der Waals surface area contributed by atoms with Gasteiger partial charge in [-0.2, -0.15) is 18.3 Å². The van der Waals surface area contributed by atoms with Crippen LogP contribution in [0.4, 0.5) is 18.9 Å². The summed E-state index contributed by atoms with van der Waals surface area (Å²) in [6, 6.07) is 8.04. The van der Waals surface area contributed by atoms with Crippen molar-refractivity contribution in [3.8, 4) is 11.5 Å². The fraction of sp³-hybridized carbons (Fsp3) is 0.188. The fourth-order valence-electron chi connectivity index (χ4n) is 1.88. The molecule has 0 aliphatic heterocycles. The van der Waals surface area contributed by atoms with Gasteiger partial charge in [-0.15, -0.1) is 0 Å². The first kappa shape index (κ1) is 17.9. The summed E-state index contributed by atoms with van der Waals surface area (Å²) < 4.78 is 48.4. The van der Waals surface area contributed by atoms with Crippen molar-refractivity contribution in [2.45, 2.75) is 6.18 Å². The van der Waals surface area contributed by atoms with Crippen LogP contribution >= 0.6 is 11.6 Å². The van der Waals surface area contributed by atoms with E-state index in [2.05, 4.69) is 10.5 Å². The standard InChI is InChI=1S/C16H14ClF3N2O2/c1-23-12-5-3-10(15(8-12)24-2)9-21-22-14-7-11(16(18,19)20)4-6-13(14)17/h3-9,22H,1-2H3/b21-9+. The van der Waals surface area contributed by atoms with Crippen LogP contribution in [0, 0.1) is 0 Å². The quantitative estimate of drug-likeness (QED) is 0.615. The Labute approximate surface area is 141 Å². The number of halogens is 4. The van der Waals surface area contributed by atoms with Gasteiger partial charge in [0.05, 0.1) is 36.7 Å². The average Bonchev–Trinajstić information content (AvgIpc) is 2.55. The molecule has 0 unspecified atom stereocenters. The van der Waals surface area contributed by atoms with Crippen molar-refractivity contribution in [1.29, 1.82) is 0 Å². The predicted octanol–water partition coefficient (Wildman–Crippen LogP) is 4.82. The van der Waals surface area contributed by atoms with E-state index in [0.29, 0.717) is 17.1 Å². The normalized spacial score (nSPS) is 11.6. The highest BCUT2D eigenvalue weighted by Gasteiger charge is 2.30. The second-order valence-corrected chi connectivity index (χ2v) is 5.08. The van der Waals surface area contributed by atoms with Crippen LogP contribution < -0.4 is 14.9 Å². The Morgan fingerprint density at radius 2 is 1.83 bits per heavy atom. The highest BCUT2D eigenvalue weighted by atomic mass is 35.5. The van der Waals surface area contributed by atoms with Gasteiger partial charge < -0.3 is 9.47 Å². The van der Waals surface area contributed by atoms with Gasteiger partial charge in [0.15, 0.2) is 0 Å². The molecule has 0 heterocycles. The maximum Gasteiger partial charge on any atom is 0.416 e. The van der Waals surface area contributed by atoms with Crippen LogP contribution in [0.1, 0.15) is 11.1 Å². The van der Waals surface area contributed by atoms with Crippen molar-refractivity contribution >= 4 is 23.5 Å². The summed E-state index contributed by atoms with van der Waals surface area (Å²) in [4.78, 5) is 0. The Bertz CT molecular complexity index is 749. The van der Waals surface area contributed by atoms with Crippen LogP contribution in [0.2, 0.25) is 5.02 Å². The summed E-state index contributed by atoms with van der Waals surface area (Å²) >= 11 is 5.88. The van der Waals surface area contributed by atoms with E-state index in [1.54, 1.807) is 18.2 Å². The van der Waals surface area contributed by atoms with E-state index in [-0.39, 0.29) is 10.7 Å². The largest absolute Gasteiger partial charge is 0.497 e. The van der Waals surface area contributed by atoms with Crippen LogP contribution in [-0.4, -0.2) is 20.4 Å².